The molecule has 1 aliphatic carbocycles. The lowest BCUT2D eigenvalue weighted by Crippen LogP contribution is -2.38. The van der Waals surface area contributed by atoms with Crippen LogP contribution in [-0.4, -0.2) is 31.5 Å². The van der Waals surface area contributed by atoms with E-state index in [4.69, 9.17) is 4.74 Å². The van der Waals surface area contributed by atoms with E-state index in [0.717, 1.165) is 30.6 Å². The molecule has 1 N–H and O–H groups in total. The summed E-state index contributed by atoms with van der Waals surface area (Å²) < 4.78 is 5.25. The fraction of sp³-hybridized carbons (Fsp3) is 0.381. The summed E-state index contributed by atoms with van der Waals surface area (Å²) in [5, 5.41) is 3.21. The van der Waals surface area contributed by atoms with Crippen LogP contribution in [0.3, 0.4) is 0 Å². The molecule has 4 heteroatoms. The van der Waals surface area contributed by atoms with E-state index in [-0.39, 0.29) is 11.9 Å². The van der Waals surface area contributed by atoms with Crippen LogP contribution in [0.15, 0.2) is 48.5 Å². The number of carbonyl (C=O) groups excluding carboxylic acids is 1. The molecule has 2 aromatic carbocycles. The van der Waals surface area contributed by atoms with Crippen molar-refractivity contribution in [1.29, 1.82) is 0 Å². The summed E-state index contributed by atoms with van der Waals surface area (Å²) in [5.41, 5.74) is 3.78. The highest BCUT2D eigenvalue weighted by Gasteiger charge is 2.21. The fourth-order valence-electron chi connectivity index (χ4n) is 3.53. The third-order valence-electron chi connectivity index (χ3n) is 4.70. The van der Waals surface area contributed by atoms with Crippen molar-refractivity contribution >= 4 is 5.91 Å². The van der Waals surface area contributed by atoms with Gasteiger partial charge in [-0.05, 0) is 55.1 Å². The molecule has 0 fully saturated rings. The quantitative estimate of drug-likeness (QED) is 0.878. The minimum Gasteiger partial charge on any atom is -0.497 e. The van der Waals surface area contributed by atoms with Crippen molar-refractivity contribution in [2.75, 3.05) is 20.7 Å². The molecule has 0 radical (unpaired) electrons. The summed E-state index contributed by atoms with van der Waals surface area (Å²) in [4.78, 5) is 14.5. The maximum atomic E-state index is 12.5. The fourth-order valence-corrected chi connectivity index (χ4v) is 3.53. The van der Waals surface area contributed by atoms with E-state index >= 15 is 0 Å². The van der Waals surface area contributed by atoms with Crippen molar-refractivity contribution in [2.24, 2.45) is 0 Å². The van der Waals surface area contributed by atoms with Crippen molar-refractivity contribution in [1.82, 2.24) is 10.2 Å². The third kappa shape index (κ3) is 4.60. The van der Waals surface area contributed by atoms with Crippen molar-refractivity contribution in [3.05, 3.63) is 65.2 Å². The van der Waals surface area contributed by atoms with Gasteiger partial charge >= 0.3 is 0 Å². The number of nitrogens with zero attached hydrogens (tertiary/aromatic N) is 1. The number of benzene rings is 2. The summed E-state index contributed by atoms with van der Waals surface area (Å²) in [6, 6.07) is 16.5. The molecule has 25 heavy (non-hydrogen) atoms. The lowest BCUT2D eigenvalue weighted by Gasteiger charge is -2.27. The molecule has 0 heterocycles. The zero-order valence-corrected chi connectivity index (χ0v) is 15.0. The first-order chi connectivity index (χ1) is 12.2. The van der Waals surface area contributed by atoms with Crippen LogP contribution >= 0.6 is 0 Å². The Hall–Kier alpha value is -2.33. The zero-order valence-electron chi connectivity index (χ0n) is 15.0. The van der Waals surface area contributed by atoms with Gasteiger partial charge in [0.1, 0.15) is 5.75 Å². The van der Waals surface area contributed by atoms with Gasteiger partial charge in [-0.2, -0.15) is 0 Å². The van der Waals surface area contributed by atoms with Gasteiger partial charge in [0, 0.05) is 6.54 Å². The minimum atomic E-state index is 0.0760. The van der Waals surface area contributed by atoms with Crippen LogP contribution in [0.1, 0.15) is 35.6 Å². The second-order valence-electron chi connectivity index (χ2n) is 6.73. The number of aryl methyl sites for hydroxylation is 1. The number of fused-ring (bicyclic) bond motifs is 1. The Kier molecular flexibility index (Phi) is 5.71. The highest BCUT2D eigenvalue weighted by molar-refractivity contribution is 5.78. The molecule has 4 nitrogen and oxygen atoms in total. The first kappa shape index (κ1) is 17.5. The van der Waals surface area contributed by atoms with E-state index in [0.29, 0.717) is 13.1 Å². The van der Waals surface area contributed by atoms with E-state index in [1.165, 1.54) is 11.1 Å². The highest BCUT2D eigenvalue weighted by atomic mass is 16.5. The Labute approximate surface area is 149 Å². The molecule has 3 rings (SSSR count). The number of hydrogen-bond acceptors (Lipinski definition) is 3. The minimum absolute atomic E-state index is 0.0760. The van der Waals surface area contributed by atoms with Gasteiger partial charge in [0.2, 0.25) is 5.91 Å². The van der Waals surface area contributed by atoms with Gasteiger partial charge in [0.15, 0.2) is 0 Å². The molecule has 0 saturated carbocycles. The Morgan fingerprint density at radius 1 is 1.24 bits per heavy atom. The number of rotatable bonds is 6. The van der Waals surface area contributed by atoms with Gasteiger partial charge < -0.3 is 10.1 Å². The smallest absolute Gasteiger partial charge is 0.234 e. The van der Waals surface area contributed by atoms with E-state index in [1.54, 1.807) is 7.11 Å². The summed E-state index contributed by atoms with van der Waals surface area (Å²) in [5.74, 6) is 0.918. The van der Waals surface area contributed by atoms with Gasteiger partial charge in [0.25, 0.3) is 0 Å². The van der Waals surface area contributed by atoms with Gasteiger partial charge in [-0.15, -0.1) is 0 Å². The first-order valence-electron chi connectivity index (χ1n) is 8.84. The Morgan fingerprint density at radius 2 is 2.08 bits per heavy atom. The Bertz CT molecular complexity index is 729. The van der Waals surface area contributed by atoms with Crippen LogP contribution in [0.4, 0.5) is 0 Å². The normalized spacial score (nSPS) is 16.4. The number of carbonyl (C=O) groups is 1. The Balaban J connectivity index is 1.56. The van der Waals surface area contributed by atoms with Crippen molar-refractivity contribution in [3.63, 3.8) is 0 Å². The summed E-state index contributed by atoms with van der Waals surface area (Å²) in [6.07, 6.45) is 3.25. The van der Waals surface area contributed by atoms with Crippen LogP contribution in [0.5, 0.6) is 5.75 Å². The number of likely N-dealkylation sites (N-methyl/N-ethyl adjacent to an activating group) is 1. The summed E-state index contributed by atoms with van der Waals surface area (Å²) >= 11 is 0. The lowest BCUT2D eigenvalue weighted by atomic mass is 9.88. The van der Waals surface area contributed by atoms with Crippen LogP contribution in [0.2, 0.25) is 0 Å². The third-order valence-corrected chi connectivity index (χ3v) is 4.70. The maximum Gasteiger partial charge on any atom is 0.234 e. The number of ether oxygens (including phenoxy) is 1. The Morgan fingerprint density at radius 3 is 2.92 bits per heavy atom. The molecule has 0 aliphatic heterocycles. The second-order valence-corrected chi connectivity index (χ2v) is 6.73. The van der Waals surface area contributed by atoms with E-state index in [1.807, 2.05) is 36.2 Å². The zero-order chi connectivity index (χ0) is 17.6. The molecule has 2 aromatic rings. The lowest BCUT2D eigenvalue weighted by molar-refractivity contribution is -0.122. The molecule has 0 saturated heterocycles. The maximum absolute atomic E-state index is 12.5. The average Bonchev–Trinajstić information content (AvgIpc) is 2.62. The summed E-state index contributed by atoms with van der Waals surface area (Å²) in [7, 11) is 3.63. The van der Waals surface area contributed by atoms with E-state index in [9.17, 15) is 4.79 Å². The van der Waals surface area contributed by atoms with Crippen molar-refractivity contribution < 1.29 is 9.53 Å². The molecular formula is C21H26N2O2. The molecule has 1 unspecified atom stereocenters. The second kappa shape index (κ2) is 8.17. The van der Waals surface area contributed by atoms with Gasteiger partial charge in [-0.1, -0.05) is 36.4 Å². The standard InChI is InChI=1S/C21H26N2O2/c1-23(14-16-7-5-10-18(13-16)25-2)15-21(24)22-20-12-6-9-17-8-3-4-11-19(17)20/h3-5,7-8,10-11,13,20H,6,9,12,14-15H2,1-2H3,(H,22,24). The molecule has 0 bridgehead atoms. The van der Waals surface area contributed by atoms with E-state index in [2.05, 4.69) is 29.6 Å². The molecule has 1 atom stereocenters. The number of hydrogen-bond donors (Lipinski definition) is 1. The molecular weight excluding hydrogens is 312 g/mol. The summed E-state index contributed by atoms with van der Waals surface area (Å²) in [6.45, 7) is 1.10. The molecule has 1 amide bonds. The van der Waals surface area contributed by atoms with Gasteiger partial charge in [-0.3, -0.25) is 9.69 Å². The number of methoxy groups -OCH3 is 1. The molecule has 1 aliphatic rings. The van der Waals surface area contributed by atoms with Gasteiger partial charge in [0.05, 0.1) is 19.7 Å². The van der Waals surface area contributed by atoms with Crippen molar-refractivity contribution in [2.45, 2.75) is 31.8 Å². The highest BCUT2D eigenvalue weighted by Crippen LogP contribution is 2.29. The molecule has 132 valence electrons. The average molecular weight is 338 g/mol. The largest absolute Gasteiger partial charge is 0.497 e. The van der Waals surface area contributed by atoms with E-state index < -0.39 is 0 Å². The number of nitrogens with one attached hydrogen (secondary N) is 1. The predicted molar refractivity (Wildman–Crippen MR) is 99.6 cm³/mol. The van der Waals surface area contributed by atoms with Crippen LogP contribution in [0.25, 0.3) is 0 Å². The van der Waals surface area contributed by atoms with Crippen LogP contribution in [0, 0.1) is 0 Å². The van der Waals surface area contributed by atoms with Crippen molar-refractivity contribution in [3.8, 4) is 5.75 Å². The molecule has 0 spiro atoms. The topological polar surface area (TPSA) is 41.6 Å². The van der Waals surface area contributed by atoms with Crippen LogP contribution in [-0.2, 0) is 17.8 Å². The SMILES string of the molecule is COc1cccc(CN(C)CC(=O)NC2CCCc3ccccc32)c1. The first-order valence-corrected chi connectivity index (χ1v) is 8.84. The predicted octanol–water partition coefficient (Wildman–Crippen LogP) is 3.32. The molecule has 0 aromatic heterocycles. The van der Waals surface area contributed by atoms with Gasteiger partial charge in [-0.25, -0.2) is 0 Å². The monoisotopic (exact) mass is 338 g/mol. The number of amides is 1. The van der Waals surface area contributed by atoms with Crippen LogP contribution < -0.4 is 10.1 Å².